The molecule has 1 N–H and O–H groups in total. The van der Waals surface area contributed by atoms with Crippen LogP contribution in [-0.4, -0.2) is 4.98 Å². The third kappa shape index (κ3) is 2.03. The maximum absolute atomic E-state index is 4.19. The molecule has 1 unspecified atom stereocenters. The highest BCUT2D eigenvalue weighted by Gasteiger charge is 2.18. The number of rotatable bonds is 1. The van der Waals surface area contributed by atoms with Crippen molar-refractivity contribution in [2.45, 2.75) is 25.8 Å². The average molecular weight is 226 g/mol. The van der Waals surface area contributed by atoms with Crippen molar-refractivity contribution in [1.82, 2.24) is 4.98 Å². The number of aryl methyl sites for hydroxylation is 2. The molecule has 0 saturated heterocycles. The van der Waals surface area contributed by atoms with E-state index in [1.54, 1.807) is 0 Å². The second-order valence-electron chi connectivity index (χ2n) is 4.68. The van der Waals surface area contributed by atoms with Crippen molar-refractivity contribution in [3.63, 3.8) is 0 Å². The van der Waals surface area contributed by atoms with Crippen LogP contribution in [-0.2, 0) is 6.42 Å². The van der Waals surface area contributed by atoms with Gasteiger partial charge in [0.1, 0.15) is 0 Å². The Hall–Kier alpha value is -1.83. The lowest BCUT2D eigenvalue weighted by atomic mass is 9.93. The fourth-order valence-electron chi connectivity index (χ4n) is 2.46. The number of nitrogens with one attached hydrogen (secondary N) is 1. The molecule has 0 amide bonds. The van der Waals surface area contributed by atoms with Crippen LogP contribution in [0.4, 0.5) is 5.69 Å². The Balaban J connectivity index is 0.00000120. The van der Waals surface area contributed by atoms with E-state index >= 15 is 0 Å². The van der Waals surface area contributed by atoms with Gasteiger partial charge in [0.15, 0.2) is 0 Å². The minimum atomic E-state index is 0. The Bertz CT molecular complexity index is 525. The Labute approximate surface area is 103 Å². The summed E-state index contributed by atoms with van der Waals surface area (Å²) < 4.78 is 0. The summed E-state index contributed by atoms with van der Waals surface area (Å²) in [6, 6.07) is 11.2. The number of nitrogens with zero attached hydrogens (tertiary/aromatic N) is 1. The molecule has 2 heteroatoms. The van der Waals surface area contributed by atoms with Gasteiger partial charge in [0, 0.05) is 19.5 Å². The lowest BCUT2D eigenvalue weighted by Gasteiger charge is -2.27. The van der Waals surface area contributed by atoms with Crippen LogP contribution in [0.25, 0.3) is 0 Å². The predicted molar refractivity (Wildman–Crippen MR) is 72.2 cm³/mol. The van der Waals surface area contributed by atoms with Gasteiger partial charge in [-0.1, -0.05) is 23.8 Å². The summed E-state index contributed by atoms with van der Waals surface area (Å²) in [5.74, 6) is 0. The first-order valence-corrected chi connectivity index (χ1v) is 6.09. The van der Waals surface area contributed by atoms with Gasteiger partial charge < -0.3 is 5.32 Å². The molecule has 2 heterocycles. The van der Waals surface area contributed by atoms with Crippen LogP contribution in [0.2, 0.25) is 0 Å². The van der Waals surface area contributed by atoms with Crippen molar-refractivity contribution < 1.29 is 1.43 Å². The van der Waals surface area contributed by atoms with Crippen molar-refractivity contribution >= 4 is 5.69 Å². The van der Waals surface area contributed by atoms with E-state index in [-0.39, 0.29) is 1.43 Å². The summed E-state index contributed by atoms with van der Waals surface area (Å²) in [5.41, 5.74) is 5.32. The van der Waals surface area contributed by atoms with Gasteiger partial charge in [0.2, 0.25) is 0 Å². The molecular weight excluding hydrogens is 208 g/mol. The first kappa shape index (κ1) is 10.3. The van der Waals surface area contributed by atoms with Crippen molar-refractivity contribution in [3.05, 3.63) is 59.4 Å². The van der Waals surface area contributed by atoms with Gasteiger partial charge in [-0.05, 0) is 43.0 Å². The third-order valence-electron chi connectivity index (χ3n) is 3.38. The van der Waals surface area contributed by atoms with E-state index in [1.807, 2.05) is 18.5 Å². The Morgan fingerprint density at radius 2 is 2.29 bits per heavy atom. The Morgan fingerprint density at radius 1 is 1.35 bits per heavy atom. The van der Waals surface area contributed by atoms with E-state index in [2.05, 4.69) is 41.5 Å². The molecule has 2 aromatic rings. The van der Waals surface area contributed by atoms with E-state index in [0.29, 0.717) is 6.04 Å². The van der Waals surface area contributed by atoms with Gasteiger partial charge in [0.05, 0.1) is 6.04 Å². The summed E-state index contributed by atoms with van der Waals surface area (Å²) in [6.07, 6.45) is 6.06. The van der Waals surface area contributed by atoms with E-state index in [9.17, 15) is 0 Å². The number of fused-ring (bicyclic) bond motifs is 1. The Morgan fingerprint density at radius 3 is 3.12 bits per heavy atom. The molecule has 1 aromatic carbocycles. The number of pyridine rings is 1. The molecule has 1 aliphatic heterocycles. The fraction of sp³-hybridized carbons (Fsp3) is 0.267. The molecule has 0 radical (unpaired) electrons. The first-order chi connectivity index (χ1) is 8.33. The molecule has 17 heavy (non-hydrogen) atoms. The van der Waals surface area contributed by atoms with E-state index < -0.39 is 0 Å². The van der Waals surface area contributed by atoms with Crippen molar-refractivity contribution in [2.75, 3.05) is 5.32 Å². The van der Waals surface area contributed by atoms with Crippen LogP contribution >= 0.6 is 0 Å². The normalized spacial score (nSPS) is 18.3. The number of anilines is 1. The van der Waals surface area contributed by atoms with Gasteiger partial charge in [-0.15, -0.1) is 0 Å². The zero-order chi connectivity index (χ0) is 11.7. The lowest BCUT2D eigenvalue weighted by Crippen LogP contribution is -2.18. The highest BCUT2D eigenvalue weighted by Crippen LogP contribution is 2.32. The maximum atomic E-state index is 4.19. The van der Waals surface area contributed by atoms with E-state index in [0.717, 1.165) is 12.8 Å². The standard InChI is InChI=1S/C15H16N2.H2/c1-11-4-6-14-12(9-11)5-7-15(17-14)13-3-2-8-16-10-13;/h2-4,6,8-10,15,17H,5,7H2,1H3;1H. The van der Waals surface area contributed by atoms with Gasteiger partial charge in [0.25, 0.3) is 0 Å². The molecule has 3 rings (SSSR count). The number of hydrogen-bond acceptors (Lipinski definition) is 2. The molecule has 0 fully saturated rings. The van der Waals surface area contributed by atoms with Crippen molar-refractivity contribution in [1.29, 1.82) is 0 Å². The van der Waals surface area contributed by atoms with Crippen LogP contribution < -0.4 is 5.32 Å². The molecule has 1 aromatic heterocycles. The van der Waals surface area contributed by atoms with E-state index in [1.165, 1.54) is 22.4 Å². The number of aromatic nitrogens is 1. The maximum Gasteiger partial charge on any atom is 0.0532 e. The lowest BCUT2D eigenvalue weighted by molar-refractivity contribution is 0.665. The highest BCUT2D eigenvalue weighted by atomic mass is 14.9. The van der Waals surface area contributed by atoms with Gasteiger partial charge in [-0.2, -0.15) is 0 Å². The van der Waals surface area contributed by atoms with E-state index in [4.69, 9.17) is 0 Å². The minimum Gasteiger partial charge on any atom is -0.378 e. The molecule has 0 spiro atoms. The predicted octanol–water partition coefficient (Wildman–Crippen LogP) is 3.74. The molecule has 2 nitrogen and oxygen atoms in total. The Kier molecular flexibility index (Phi) is 2.56. The topological polar surface area (TPSA) is 24.9 Å². The van der Waals surface area contributed by atoms with Crippen LogP contribution in [0.3, 0.4) is 0 Å². The first-order valence-electron chi connectivity index (χ1n) is 6.09. The van der Waals surface area contributed by atoms with Crippen molar-refractivity contribution in [2.24, 2.45) is 0 Å². The second-order valence-corrected chi connectivity index (χ2v) is 4.68. The van der Waals surface area contributed by atoms with Crippen LogP contribution in [0.15, 0.2) is 42.7 Å². The highest BCUT2D eigenvalue weighted by molar-refractivity contribution is 5.56. The van der Waals surface area contributed by atoms with Gasteiger partial charge in [-0.25, -0.2) is 0 Å². The quantitative estimate of drug-likeness (QED) is 0.801. The molecule has 0 bridgehead atoms. The SMILES string of the molecule is Cc1ccc2c(c1)CCC(c1cccnc1)N2.[HH]. The van der Waals surface area contributed by atoms with Crippen LogP contribution in [0.1, 0.15) is 30.6 Å². The van der Waals surface area contributed by atoms with Gasteiger partial charge in [-0.3, -0.25) is 4.98 Å². The molecule has 1 atom stereocenters. The molecule has 0 saturated carbocycles. The molecule has 1 aliphatic rings. The molecule has 0 aliphatic carbocycles. The van der Waals surface area contributed by atoms with Crippen molar-refractivity contribution in [3.8, 4) is 0 Å². The zero-order valence-electron chi connectivity index (χ0n) is 9.98. The average Bonchev–Trinajstić information content (AvgIpc) is 2.39. The summed E-state index contributed by atoms with van der Waals surface area (Å²) in [4.78, 5) is 4.19. The third-order valence-corrected chi connectivity index (χ3v) is 3.38. The number of hydrogen-bond donors (Lipinski definition) is 1. The summed E-state index contributed by atoms with van der Waals surface area (Å²) in [5, 5.41) is 3.60. The monoisotopic (exact) mass is 226 g/mol. The summed E-state index contributed by atoms with van der Waals surface area (Å²) in [6.45, 7) is 2.15. The van der Waals surface area contributed by atoms with Gasteiger partial charge >= 0.3 is 0 Å². The second kappa shape index (κ2) is 4.21. The van der Waals surface area contributed by atoms with Crippen LogP contribution in [0, 0.1) is 6.92 Å². The summed E-state index contributed by atoms with van der Waals surface area (Å²) in [7, 11) is 0. The molecular formula is C15H18N2. The number of benzene rings is 1. The zero-order valence-corrected chi connectivity index (χ0v) is 9.98. The fourth-order valence-corrected chi connectivity index (χ4v) is 2.46. The summed E-state index contributed by atoms with van der Waals surface area (Å²) >= 11 is 0. The minimum absolute atomic E-state index is 0. The smallest absolute Gasteiger partial charge is 0.0532 e. The van der Waals surface area contributed by atoms with Crippen LogP contribution in [0.5, 0.6) is 0 Å². The molecule has 88 valence electrons. The largest absolute Gasteiger partial charge is 0.378 e.